The average molecular weight is 365 g/mol. The van der Waals surface area contributed by atoms with Crippen LogP contribution in [0.4, 0.5) is 0 Å². The van der Waals surface area contributed by atoms with Crippen LogP contribution in [0.15, 0.2) is 60.7 Å². The van der Waals surface area contributed by atoms with E-state index in [1.54, 1.807) is 0 Å². The minimum Gasteiger partial charge on any atom is -0.0830 e. The van der Waals surface area contributed by atoms with E-state index >= 15 is 0 Å². The molecule has 0 amide bonds. The maximum Gasteiger partial charge on any atom is 0.0564 e. The van der Waals surface area contributed by atoms with Crippen LogP contribution >= 0.6 is 23.2 Å². The van der Waals surface area contributed by atoms with Gasteiger partial charge in [0, 0.05) is 21.2 Å². The van der Waals surface area contributed by atoms with E-state index in [0.29, 0.717) is 0 Å². The average Bonchev–Trinajstić information content (AvgIpc) is 2.87. The molecule has 25 heavy (non-hydrogen) atoms. The summed E-state index contributed by atoms with van der Waals surface area (Å²) in [5, 5.41) is 5.77. The molecule has 0 saturated heterocycles. The molecule has 3 aromatic carbocycles. The van der Waals surface area contributed by atoms with Crippen LogP contribution in [0, 0.1) is 0 Å². The van der Waals surface area contributed by atoms with Gasteiger partial charge in [0.1, 0.15) is 0 Å². The standard InChI is InChI=1S/C23H18Cl2/c1-2-15-12-13-17(16-8-4-3-5-9-16)14-20-21(15)23(25)19-11-7-6-10-18(19)22(20)24/h3-11,13-14H,2,12H2,1H3. The highest BCUT2D eigenvalue weighted by molar-refractivity contribution is 6.40. The van der Waals surface area contributed by atoms with Crippen molar-refractivity contribution in [1.29, 1.82) is 0 Å². The zero-order chi connectivity index (χ0) is 17.4. The topological polar surface area (TPSA) is 0 Å². The highest BCUT2D eigenvalue weighted by Gasteiger charge is 2.14. The van der Waals surface area contributed by atoms with Gasteiger partial charge in [0.05, 0.1) is 10.0 Å². The van der Waals surface area contributed by atoms with E-state index in [1.807, 2.05) is 30.3 Å². The van der Waals surface area contributed by atoms with Crippen molar-refractivity contribution < 1.29 is 0 Å². The Kier molecular flexibility index (Phi) is 4.41. The van der Waals surface area contributed by atoms with Gasteiger partial charge in [-0.25, -0.2) is 0 Å². The number of halogens is 2. The molecule has 0 radical (unpaired) electrons. The normalized spacial score (nSPS) is 13.9. The van der Waals surface area contributed by atoms with Crippen molar-refractivity contribution in [2.24, 2.45) is 0 Å². The van der Waals surface area contributed by atoms with E-state index in [-0.39, 0.29) is 0 Å². The number of hydrogen-bond donors (Lipinski definition) is 0. The summed E-state index contributed by atoms with van der Waals surface area (Å²) in [6, 6.07) is 18.5. The highest BCUT2D eigenvalue weighted by Crippen LogP contribution is 2.28. The number of rotatable bonds is 2. The lowest BCUT2D eigenvalue weighted by atomic mass is 10.0. The third-order valence-corrected chi connectivity index (χ3v) is 5.68. The third kappa shape index (κ3) is 2.80. The fourth-order valence-electron chi connectivity index (χ4n) is 3.56. The molecule has 0 aromatic heterocycles. The number of benzene rings is 3. The first kappa shape index (κ1) is 16.4. The van der Waals surface area contributed by atoms with Crippen LogP contribution in [0.25, 0.3) is 28.0 Å². The van der Waals surface area contributed by atoms with Crippen molar-refractivity contribution in [3.8, 4) is 0 Å². The van der Waals surface area contributed by atoms with E-state index < -0.39 is 0 Å². The number of fused-ring (bicyclic) bond motifs is 2. The zero-order valence-electron chi connectivity index (χ0n) is 14.0. The minimum absolute atomic E-state index is 0.782. The highest BCUT2D eigenvalue weighted by atomic mass is 35.5. The Bertz CT molecular complexity index is 1110. The Hall–Kier alpha value is -2.02. The molecule has 3 aromatic rings. The Morgan fingerprint density at radius 1 is 0.840 bits per heavy atom. The molecule has 1 aliphatic carbocycles. The third-order valence-electron chi connectivity index (χ3n) is 4.88. The van der Waals surface area contributed by atoms with Gasteiger partial charge in [-0.3, -0.25) is 0 Å². The van der Waals surface area contributed by atoms with Gasteiger partial charge in [-0.1, -0.05) is 96.4 Å². The Balaban J connectivity index is 2.14. The van der Waals surface area contributed by atoms with E-state index in [2.05, 4.69) is 43.3 Å². The van der Waals surface area contributed by atoms with Crippen LogP contribution in [0.2, 0.25) is 10.0 Å². The van der Waals surface area contributed by atoms with Gasteiger partial charge in [-0.05, 0) is 30.1 Å². The van der Waals surface area contributed by atoms with Gasteiger partial charge in [0.2, 0.25) is 0 Å². The lowest BCUT2D eigenvalue weighted by Crippen LogP contribution is -2.29. The summed E-state index contributed by atoms with van der Waals surface area (Å²) >= 11 is 13.7. The number of hydrogen-bond acceptors (Lipinski definition) is 0. The van der Waals surface area contributed by atoms with Crippen molar-refractivity contribution in [3.63, 3.8) is 0 Å². The van der Waals surface area contributed by atoms with Crippen LogP contribution in [-0.2, 0) is 0 Å². The van der Waals surface area contributed by atoms with Gasteiger partial charge in [-0.15, -0.1) is 0 Å². The summed E-state index contributed by atoms with van der Waals surface area (Å²) in [5.41, 5.74) is 3.72. The quantitative estimate of drug-likeness (QED) is 0.524. The Labute approximate surface area is 157 Å². The van der Waals surface area contributed by atoms with Crippen LogP contribution in [-0.4, -0.2) is 0 Å². The van der Waals surface area contributed by atoms with Gasteiger partial charge in [0.25, 0.3) is 0 Å². The fourth-order valence-corrected chi connectivity index (χ4v) is 4.27. The molecule has 124 valence electrons. The summed E-state index contributed by atoms with van der Waals surface area (Å²) < 4.78 is 0. The van der Waals surface area contributed by atoms with Crippen molar-refractivity contribution in [2.75, 3.05) is 0 Å². The second kappa shape index (κ2) is 6.71. The van der Waals surface area contributed by atoms with Crippen LogP contribution in [0.3, 0.4) is 0 Å². The first-order valence-corrected chi connectivity index (χ1v) is 9.31. The first-order chi connectivity index (χ1) is 12.2. The monoisotopic (exact) mass is 364 g/mol. The molecule has 0 unspecified atom stereocenters. The molecule has 0 nitrogen and oxygen atoms in total. The Morgan fingerprint density at radius 2 is 1.48 bits per heavy atom. The van der Waals surface area contributed by atoms with Crippen molar-refractivity contribution in [1.82, 2.24) is 0 Å². The molecule has 0 N–H and O–H groups in total. The van der Waals surface area contributed by atoms with E-state index in [0.717, 1.165) is 44.1 Å². The van der Waals surface area contributed by atoms with Gasteiger partial charge in [-0.2, -0.15) is 0 Å². The number of allylic oxidation sites excluding steroid dienone is 2. The van der Waals surface area contributed by atoms with Gasteiger partial charge in [0.15, 0.2) is 0 Å². The molecular formula is C23H18Cl2. The lowest BCUT2D eigenvalue weighted by molar-refractivity contribution is 1.15. The second-order valence-corrected chi connectivity index (χ2v) is 7.05. The van der Waals surface area contributed by atoms with Crippen LogP contribution < -0.4 is 10.4 Å². The molecule has 0 spiro atoms. The molecular weight excluding hydrogens is 347 g/mol. The minimum atomic E-state index is 0.782. The first-order valence-electron chi connectivity index (χ1n) is 8.55. The van der Waals surface area contributed by atoms with E-state index in [1.165, 1.54) is 16.7 Å². The van der Waals surface area contributed by atoms with Crippen molar-refractivity contribution >= 4 is 51.2 Å². The molecule has 0 atom stereocenters. The molecule has 0 saturated carbocycles. The largest absolute Gasteiger partial charge is 0.0830 e. The molecule has 2 heteroatoms. The summed E-state index contributed by atoms with van der Waals surface area (Å²) in [6.45, 7) is 2.18. The molecule has 0 bridgehead atoms. The van der Waals surface area contributed by atoms with Crippen LogP contribution in [0.1, 0.15) is 25.3 Å². The summed E-state index contributed by atoms with van der Waals surface area (Å²) in [5.74, 6) is 0. The van der Waals surface area contributed by atoms with Crippen LogP contribution in [0.5, 0.6) is 0 Å². The summed E-state index contributed by atoms with van der Waals surface area (Å²) in [4.78, 5) is 0. The second-order valence-electron chi connectivity index (χ2n) is 6.29. The Morgan fingerprint density at radius 3 is 2.16 bits per heavy atom. The summed E-state index contributed by atoms with van der Waals surface area (Å²) in [6.07, 6.45) is 6.31. The van der Waals surface area contributed by atoms with Gasteiger partial charge >= 0.3 is 0 Å². The van der Waals surface area contributed by atoms with Crippen molar-refractivity contribution in [2.45, 2.75) is 19.8 Å². The van der Waals surface area contributed by atoms with Gasteiger partial charge < -0.3 is 0 Å². The summed E-state index contributed by atoms with van der Waals surface area (Å²) in [7, 11) is 0. The van der Waals surface area contributed by atoms with E-state index in [4.69, 9.17) is 23.2 Å². The van der Waals surface area contributed by atoms with Crippen molar-refractivity contribution in [3.05, 3.63) is 86.7 Å². The molecule has 4 rings (SSSR count). The SMILES string of the molecule is CCC1=c2c(Cl)c3ccccc3c(Cl)c2=CC(c2ccccc2)=CC1. The zero-order valence-corrected chi connectivity index (χ0v) is 15.5. The molecule has 0 aliphatic heterocycles. The predicted octanol–water partition coefficient (Wildman–Crippen LogP) is 5.98. The molecule has 1 aliphatic rings. The molecule has 0 heterocycles. The maximum absolute atomic E-state index is 6.85. The predicted molar refractivity (Wildman–Crippen MR) is 110 cm³/mol. The lowest BCUT2D eigenvalue weighted by Gasteiger charge is -2.09. The molecule has 0 fully saturated rings. The van der Waals surface area contributed by atoms with E-state index in [9.17, 15) is 0 Å². The smallest absolute Gasteiger partial charge is 0.0564 e. The fraction of sp³-hybridized carbons (Fsp3) is 0.130. The maximum atomic E-state index is 6.85.